The second-order valence-corrected chi connectivity index (χ2v) is 7.48. The van der Waals surface area contributed by atoms with Crippen molar-refractivity contribution in [1.29, 1.82) is 0 Å². The summed E-state index contributed by atoms with van der Waals surface area (Å²) < 4.78 is 7.26. The molecule has 2 N–H and O–H groups in total. The van der Waals surface area contributed by atoms with E-state index in [9.17, 15) is 9.59 Å². The van der Waals surface area contributed by atoms with E-state index in [0.29, 0.717) is 24.4 Å². The van der Waals surface area contributed by atoms with Gasteiger partial charge in [0.2, 0.25) is 5.91 Å². The van der Waals surface area contributed by atoms with E-state index < -0.39 is 0 Å². The highest BCUT2D eigenvalue weighted by Gasteiger charge is 2.38. The summed E-state index contributed by atoms with van der Waals surface area (Å²) in [4.78, 5) is 25.8. The third-order valence-electron chi connectivity index (χ3n) is 4.78. The molecule has 0 saturated heterocycles. The highest BCUT2D eigenvalue weighted by molar-refractivity contribution is 7.20. The molecule has 136 valence electrons. The first-order chi connectivity index (χ1) is 12.0. The largest absolute Gasteiger partial charge is 0.378 e. The van der Waals surface area contributed by atoms with Crippen molar-refractivity contribution < 1.29 is 14.3 Å². The van der Waals surface area contributed by atoms with Crippen molar-refractivity contribution in [3.8, 4) is 0 Å². The third kappa shape index (κ3) is 3.55. The molecular weight excluding hydrogens is 340 g/mol. The SMILES string of the molecule is CCNC(=O)c1cc2c(CNC(=O)CC3(OC)CCC3)nn(C)c2s1. The topological polar surface area (TPSA) is 85.2 Å². The summed E-state index contributed by atoms with van der Waals surface area (Å²) >= 11 is 1.41. The van der Waals surface area contributed by atoms with Crippen LogP contribution in [0.4, 0.5) is 0 Å². The molecule has 2 heterocycles. The lowest BCUT2D eigenvalue weighted by molar-refractivity contribution is -0.134. The molecule has 1 fully saturated rings. The minimum absolute atomic E-state index is 0.0282. The van der Waals surface area contributed by atoms with Crippen LogP contribution in [0.3, 0.4) is 0 Å². The zero-order valence-electron chi connectivity index (χ0n) is 14.8. The van der Waals surface area contributed by atoms with Gasteiger partial charge in [-0.2, -0.15) is 5.10 Å². The summed E-state index contributed by atoms with van der Waals surface area (Å²) in [5.41, 5.74) is 0.495. The number of hydrogen-bond donors (Lipinski definition) is 2. The van der Waals surface area contributed by atoms with Gasteiger partial charge in [-0.05, 0) is 32.3 Å². The number of fused-ring (bicyclic) bond motifs is 1. The van der Waals surface area contributed by atoms with Crippen molar-refractivity contribution >= 4 is 33.4 Å². The van der Waals surface area contributed by atoms with Gasteiger partial charge in [0.25, 0.3) is 5.91 Å². The van der Waals surface area contributed by atoms with Crippen LogP contribution in [0.25, 0.3) is 10.2 Å². The predicted molar refractivity (Wildman–Crippen MR) is 96.7 cm³/mol. The number of thiophene rings is 1. The number of aromatic nitrogens is 2. The van der Waals surface area contributed by atoms with Crippen molar-refractivity contribution in [1.82, 2.24) is 20.4 Å². The summed E-state index contributed by atoms with van der Waals surface area (Å²) in [7, 11) is 3.52. The van der Waals surface area contributed by atoms with Crippen molar-refractivity contribution in [2.75, 3.05) is 13.7 Å². The zero-order valence-corrected chi connectivity index (χ0v) is 15.7. The first-order valence-electron chi connectivity index (χ1n) is 8.53. The maximum atomic E-state index is 12.2. The lowest BCUT2D eigenvalue weighted by atomic mass is 9.77. The Morgan fingerprint density at radius 1 is 1.40 bits per heavy atom. The Morgan fingerprint density at radius 2 is 2.16 bits per heavy atom. The molecule has 2 amide bonds. The minimum Gasteiger partial charge on any atom is -0.378 e. The number of aryl methyl sites for hydroxylation is 1. The van der Waals surface area contributed by atoms with Crippen LogP contribution >= 0.6 is 11.3 Å². The smallest absolute Gasteiger partial charge is 0.261 e. The highest BCUT2D eigenvalue weighted by Crippen LogP contribution is 2.37. The molecule has 0 radical (unpaired) electrons. The van der Waals surface area contributed by atoms with Crippen molar-refractivity contribution in [3.63, 3.8) is 0 Å². The van der Waals surface area contributed by atoms with Gasteiger partial charge in [-0.15, -0.1) is 11.3 Å². The summed E-state index contributed by atoms with van der Waals surface area (Å²) in [6.45, 7) is 2.83. The van der Waals surface area contributed by atoms with Gasteiger partial charge in [0.15, 0.2) is 0 Å². The number of hydrogen-bond acceptors (Lipinski definition) is 5. The number of carbonyl (C=O) groups excluding carboxylic acids is 2. The van der Waals surface area contributed by atoms with Gasteiger partial charge in [0, 0.05) is 26.1 Å². The van der Waals surface area contributed by atoms with E-state index in [2.05, 4.69) is 15.7 Å². The van der Waals surface area contributed by atoms with Crippen molar-refractivity contribution in [2.24, 2.45) is 7.05 Å². The second-order valence-electron chi connectivity index (χ2n) is 6.45. The second kappa shape index (κ2) is 7.13. The molecule has 1 aliphatic rings. The van der Waals surface area contributed by atoms with Gasteiger partial charge in [-0.1, -0.05) is 0 Å². The molecule has 8 heteroatoms. The van der Waals surface area contributed by atoms with Crippen LogP contribution in [0.5, 0.6) is 0 Å². The molecule has 25 heavy (non-hydrogen) atoms. The molecule has 7 nitrogen and oxygen atoms in total. The number of rotatable bonds is 7. The number of carbonyl (C=O) groups is 2. The molecule has 0 bridgehead atoms. The highest BCUT2D eigenvalue weighted by atomic mass is 32.1. The molecular formula is C17H24N4O3S. The molecule has 1 aliphatic carbocycles. The monoisotopic (exact) mass is 364 g/mol. The summed E-state index contributed by atoms with van der Waals surface area (Å²) in [6.07, 6.45) is 3.36. The van der Waals surface area contributed by atoms with Gasteiger partial charge in [-0.3, -0.25) is 14.3 Å². The van der Waals surface area contributed by atoms with E-state index in [0.717, 1.165) is 35.2 Å². The van der Waals surface area contributed by atoms with E-state index in [1.54, 1.807) is 11.8 Å². The fraction of sp³-hybridized carbons (Fsp3) is 0.588. The average Bonchev–Trinajstić information content (AvgIpc) is 3.10. The van der Waals surface area contributed by atoms with Gasteiger partial charge in [0.1, 0.15) is 4.83 Å². The number of amides is 2. The number of nitrogens with one attached hydrogen (secondary N) is 2. The van der Waals surface area contributed by atoms with E-state index in [1.165, 1.54) is 11.3 Å². The fourth-order valence-corrected chi connectivity index (χ4v) is 4.17. The maximum Gasteiger partial charge on any atom is 0.261 e. The van der Waals surface area contributed by atoms with E-state index in [4.69, 9.17) is 4.74 Å². The Balaban J connectivity index is 1.69. The van der Waals surface area contributed by atoms with E-state index in [1.807, 2.05) is 20.0 Å². The lowest BCUT2D eigenvalue weighted by Gasteiger charge is -2.39. The van der Waals surface area contributed by atoms with Gasteiger partial charge in [-0.25, -0.2) is 0 Å². The minimum atomic E-state index is -0.280. The van der Waals surface area contributed by atoms with Crippen LogP contribution in [-0.2, 0) is 23.1 Å². The maximum absolute atomic E-state index is 12.2. The van der Waals surface area contributed by atoms with Gasteiger partial charge in [0.05, 0.1) is 29.1 Å². The Bertz CT molecular complexity index is 786. The number of nitrogens with zero attached hydrogens (tertiary/aromatic N) is 2. The lowest BCUT2D eigenvalue weighted by Crippen LogP contribution is -2.43. The molecule has 0 spiro atoms. The first kappa shape index (κ1) is 17.9. The summed E-state index contributed by atoms with van der Waals surface area (Å²) in [5, 5.41) is 11.1. The van der Waals surface area contributed by atoms with Crippen LogP contribution in [0.1, 0.15) is 48.0 Å². The van der Waals surface area contributed by atoms with E-state index in [-0.39, 0.29) is 17.4 Å². The summed E-state index contributed by atoms with van der Waals surface area (Å²) in [6, 6.07) is 1.85. The van der Waals surface area contributed by atoms with Crippen molar-refractivity contribution in [3.05, 3.63) is 16.6 Å². The molecule has 2 aromatic heterocycles. The predicted octanol–water partition coefficient (Wildman–Crippen LogP) is 1.96. The van der Waals surface area contributed by atoms with Crippen LogP contribution in [-0.4, -0.2) is 40.9 Å². The van der Waals surface area contributed by atoms with E-state index >= 15 is 0 Å². The van der Waals surface area contributed by atoms with Crippen LogP contribution < -0.4 is 10.6 Å². The molecule has 0 aliphatic heterocycles. The van der Waals surface area contributed by atoms with Crippen LogP contribution in [0, 0.1) is 0 Å². The first-order valence-corrected chi connectivity index (χ1v) is 9.35. The molecule has 2 aromatic rings. The van der Waals surface area contributed by atoms with Gasteiger partial charge >= 0.3 is 0 Å². The Labute approximate surface area is 150 Å². The molecule has 3 rings (SSSR count). The van der Waals surface area contributed by atoms with Crippen LogP contribution in [0.15, 0.2) is 6.07 Å². The molecule has 0 atom stereocenters. The molecule has 0 unspecified atom stereocenters. The molecule has 0 aromatic carbocycles. The number of ether oxygens (including phenoxy) is 1. The van der Waals surface area contributed by atoms with Crippen LogP contribution in [0.2, 0.25) is 0 Å². The Morgan fingerprint density at radius 3 is 2.76 bits per heavy atom. The standard InChI is InChI=1S/C17H24N4O3S/c1-4-18-15(23)13-8-11-12(20-21(2)16(11)25-13)10-19-14(22)9-17(24-3)6-5-7-17/h8H,4-7,9-10H2,1-3H3,(H,18,23)(H,19,22). The Hall–Kier alpha value is -1.93. The van der Waals surface area contributed by atoms with Crippen molar-refractivity contribution in [2.45, 2.75) is 44.8 Å². The molecule has 1 saturated carbocycles. The summed E-state index contributed by atoms with van der Waals surface area (Å²) in [5.74, 6) is -0.106. The zero-order chi connectivity index (χ0) is 18.0. The normalized spacial score (nSPS) is 15.8. The van der Waals surface area contributed by atoms with Gasteiger partial charge < -0.3 is 15.4 Å². The quantitative estimate of drug-likeness (QED) is 0.786. The third-order valence-corrected chi connectivity index (χ3v) is 5.98. The fourth-order valence-electron chi connectivity index (χ4n) is 3.16. The average molecular weight is 364 g/mol. The Kier molecular flexibility index (Phi) is 5.10. The number of methoxy groups -OCH3 is 1.